The molecule has 36 heavy (non-hydrogen) atoms. The Morgan fingerprint density at radius 3 is 2.19 bits per heavy atom. The van der Waals surface area contributed by atoms with Gasteiger partial charge in [-0.2, -0.15) is 0 Å². The van der Waals surface area contributed by atoms with Crippen molar-refractivity contribution in [1.82, 2.24) is 10.6 Å². The zero-order valence-electron chi connectivity index (χ0n) is 20.1. The lowest BCUT2D eigenvalue weighted by Gasteiger charge is -2.14. The highest BCUT2D eigenvalue weighted by molar-refractivity contribution is 5.94. The van der Waals surface area contributed by atoms with E-state index in [0.717, 1.165) is 22.4 Å². The van der Waals surface area contributed by atoms with E-state index in [-0.39, 0.29) is 17.9 Å². The van der Waals surface area contributed by atoms with E-state index < -0.39 is 0 Å². The number of carbonyl (C=O) groups is 2. The van der Waals surface area contributed by atoms with Crippen LogP contribution in [0.5, 0.6) is 11.5 Å². The van der Waals surface area contributed by atoms with Gasteiger partial charge in [0, 0.05) is 18.2 Å². The lowest BCUT2D eigenvalue weighted by atomic mass is 10.1. The van der Waals surface area contributed by atoms with Gasteiger partial charge in [0.2, 0.25) is 5.91 Å². The topological polar surface area (TPSA) is 67.4 Å². The van der Waals surface area contributed by atoms with Gasteiger partial charge in [0.25, 0.3) is 5.91 Å². The maximum atomic E-state index is 12.6. The molecular formula is C31H28N2O3. The van der Waals surface area contributed by atoms with Crippen LogP contribution in [-0.2, 0) is 11.3 Å². The van der Waals surface area contributed by atoms with E-state index in [9.17, 15) is 9.59 Å². The molecule has 1 atom stereocenters. The third kappa shape index (κ3) is 7.18. The quantitative estimate of drug-likeness (QED) is 0.279. The number of ether oxygens (including phenoxy) is 1. The molecular weight excluding hydrogens is 448 g/mol. The van der Waals surface area contributed by atoms with Gasteiger partial charge >= 0.3 is 0 Å². The fraction of sp³-hybridized carbons (Fsp3) is 0.0968. The summed E-state index contributed by atoms with van der Waals surface area (Å²) in [6.07, 6.45) is 3.24. The molecule has 0 aliphatic carbocycles. The van der Waals surface area contributed by atoms with Crippen molar-refractivity contribution in [3.63, 3.8) is 0 Å². The summed E-state index contributed by atoms with van der Waals surface area (Å²) in [4.78, 5) is 24.9. The van der Waals surface area contributed by atoms with E-state index in [1.54, 1.807) is 18.2 Å². The van der Waals surface area contributed by atoms with Gasteiger partial charge in [0.15, 0.2) is 0 Å². The first-order chi connectivity index (χ1) is 17.6. The van der Waals surface area contributed by atoms with Gasteiger partial charge < -0.3 is 15.4 Å². The summed E-state index contributed by atoms with van der Waals surface area (Å²) in [6, 6.07) is 34.0. The minimum Gasteiger partial charge on any atom is -0.457 e. The molecule has 0 saturated carbocycles. The maximum Gasteiger partial charge on any atom is 0.251 e. The van der Waals surface area contributed by atoms with Crippen LogP contribution in [0.15, 0.2) is 115 Å². The Bertz CT molecular complexity index is 1320. The first-order valence-corrected chi connectivity index (χ1v) is 11.8. The average molecular weight is 477 g/mol. The van der Waals surface area contributed by atoms with Crippen LogP contribution in [0.3, 0.4) is 0 Å². The molecule has 0 spiro atoms. The van der Waals surface area contributed by atoms with Crippen LogP contribution in [0, 0.1) is 0 Å². The van der Waals surface area contributed by atoms with Crippen molar-refractivity contribution in [2.45, 2.75) is 19.5 Å². The predicted octanol–water partition coefficient (Wildman–Crippen LogP) is 6.30. The van der Waals surface area contributed by atoms with E-state index in [0.29, 0.717) is 17.9 Å². The Morgan fingerprint density at radius 1 is 0.806 bits per heavy atom. The minimum absolute atomic E-state index is 0.0879. The molecule has 0 bridgehead atoms. The van der Waals surface area contributed by atoms with Gasteiger partial charge in [-0.05, 0) is 66.1 Å². The molecule has 2 N–H and O–H groups in total. The zero-order chi connectivity index (χ0) is 25.2. The van der Waals surface area contributed by atoms with Gasteiger partial charge in [-0.25, -0.2) is 0 Å². The molecule has 180 valence electrons. The lowest BCUT2D eigenvalue weighted by molar-refractivity contribution is -0.116. The smallest absolute Gasteiger partial charge is 0.251 e. The number of hydrogen-bond donors (Lipinski definition) is 2. The molecule has 0 unspecified atom stereocenters. The Balaban J connectivity index is 1.26. The van der Waals surface area contributed by atoms with Crippen molar-refractivity contribution >= 4 is 17.9 Å². The number of carbonyl (C=O) groups excluding carboxylic acids is 2. The normalized spacial score (nSPS) is 11.6. The predicted molar refractivity (Wildman–Crippen MR) is 143 cm³/mol. The van der Waals surface area contributed by atoms with Gasteiger partial charge in [-0.1, -0.05) is 72.8 Å². The summed E-state index contributed by atoms with van der Waals surface area (Å²) in [5.74, 6) is 1.11. The number of nitrogens with one attached hydrogen (secondary N) is 2. The molecule has 0 aliphatic heterocycles. The number of amides is 2. The van der Waals surface area contributed by atoms with Crippen LogP contribution < -0.4 is 15.4 Å². The Labute approximate surface area is 211 Å². The van der Waals surface area contributed by atoms with E-state index in [1.807, 2.05) is 104 Å². The van der Waals surface area contributed by atoms with Crippen molar-refractivity contribution in [3.05, 3.63) is 138 Å². The average Bonchev–Trinajstić information content (AvgIpc) is 2.92. The Hall–Kier alpha value is -4.64. The summed E-state index contributed by atoms with van der Waals surface area (Å²) in [5, 5.41) is 5.87. The number of rotatable bonds is 9. The van der Waals surface area contributed by atoms with Crippen LogP contribution in [0.2, 0.25) is 0 Å². The highest BCUT2D eigenvalue weighted by Gasteiger charge is 2.11. The van der Waals surface area contributed by atoms with E-state index in [4.69, 9.17) is 4.74 Å². The van der Waals surface area contributed by atoms with Gasteiger partial charge in [0.1, 0.15) is 11.5 Å². The molecule has 0 radical (unpaired) electrons. The second kappa shape index (κ2) is 12.2. The number of para-hydroxylation sites is 1. The molecule has 0 heterocycles. The molecule has 5 nitrogen and oxygen atoms in total. The first-order valence-electron chi connectivity index (χ1n) is 11.8. The Kier molecular flexibility index (Phi) is 8.28. The summed E-state index contributed by atoms with van der Waals surface area (Å²) in [7, 11) is 0. The van der Waals surface area contributed by atoms with Crippen LogP contribution in [0.1, 0.15) is 40.0 Å². The molecule has 5 heteroatoms. The highest BCUT2D eigenvalue weighted by Crippen LogP contribution is 2.22. The van der Waals surface area contributed by atoms with Gasteiger partial charge in [-0.15, -0.1) is 0 Å². The molecule has 4 aromatic rings. The summed E-state index contributed by atoms with van der Waals surface area (Å²) >= 11 is 0. The van der Waals surface area contributed by atoms with Crippen LogP contribution in [-0.4, -0.2) is 11.8 Å². The standard InChI is InChI=1S/C31H28N2O3/c1-23(26-10-4-2-5-11-26)33-31(35)27-18-15-25(16-19-27)22-32-30(34)20-17-24-9-8-14-29(21-24)36-28-12-6-3-7-13-28/h2-21,23H,22H2,1H3,(H,32,34)(H,33,35)/b20-17+/t23-/m1/s1. The first kappa shape index (κ1) is 24.5. The van der Waals surface area contributed by atoms with E-state index in [1.165, 1.54) is 6.08 Å². The number of benzene rings is 4. The fourth-order valence-corrected chi connectivity index (χ4v) is 3.61. The van der Waals surface area contributed by atoms with Crippen molar-refractivity contribution in [1.29, 1.82) is 0 Å². The second-order valence-electron chi connectivity index (χ2n) is 8.34. The molecule has 0 aliphatic rings. The van der Waals surface area contributed by atoms with Crippen molar-refractivity contribution in [2.24, 2.45) is 0 Å². The van der Waals surface area contributed by atoms with Crippen LogP contribution >= 0.6 is 0 Å². The highest BCUT2D eigenvalue weighted by atomic mass is 16.5. The minimum atomic E-state index is -0.206. The molecule has 0 fully saturated rings. The van der Waals surface area contributed by atoms with E-state index >= 15 is 0 Å². The maximum absolute atomic E-state index is 12.6. The summed E-state index contributed by atoms with van der Waals surface area (Å²) in [6.45, 7) is 2.32. The Morgan fingerprint density at radius 2 is 1.47 bits per heavy atom. The van der Waals surface area contributed by atoms with Crippen molar-refractivity contribution < 1.29 is 14.3 Å². The van der Waals surface area contributed by atoms with Crippen LogP contribution in [0.25, 0.3) is 6.08 Å². The van der Waals surface area contributed by atoms with Crippen LogP contribution in [0.4, 0.5) is 0 Å². The SMILES string of the molecule is C[C@@H](NC(=O)c1ccc(CNC(=O)/C=C/c2cccc(Oc3ccccc3)c2)cc1)c1ccccc1. The van der Waals surface area contributed by atoms with E-state index in [2.05, 4.69) is 10.6 Å². The molecule has 4 aromatic carbocycles. The lowest BCUT2D eigenvalue weighted by Crippen LogP contribution is -2.26. The number of hydrogen-bond acceptors (Lipinski definition) is 3. The monoisotopic (exact) mass is 476 g/mol. The molecule has 0 aromatic heterocycles. The molecule has 2 amide bonds. The fourth-order valence-electron chi connectivity index (χ4n) is 3.61. The summed E-state index contributed by atoms with van der Waals surface area (Å²) < 4.78 is 5.84. The zero-order valence-corrected chi connectivity index (χ0v) is 20.1. The van der Waals surface area contributed by atoms with Gasteiger partial charge in [0.05, 0.1) is 6.04 Å². The molecule has 0 saturated heterocycles. The van der Waals surface area contributed by atoms with Gasteiger partial charge in [-0.3, -0.25) is 9.59 Å². The van der Waals surface area contributed by atoms with Crippen molar-refractivity contribution in [2.75, 3.05) is 0 Å². The third-order valence-electron chi connectivity index (χ3n) is 5.59. The third-order valence-corrected chi connectivity index (χ3v) is 5.59. The summed E-state index contributed by atoms with van der Waals surface area (Å²) in [5.41, 5.74) is 3.39. The second-order valence-corrected chi connectivity index (χ2v) is 8.34. The molecule has 4 rings (SSSR count). The van der Waals surface area contributed by atoms with Crippen molar-refractivity contribution in [3.8, 4) is 11.5 Å². The largest absolute Gasteiger partial charge is 0.457 e.